The summed E-state index contributed by atoms with van der Waals surface area (Å²) >= 11 is 0. The topological polar surface area (TPSA) is 54.4 Å². The van der Waals surface area contributed by atoms with Crippen molar-refractivity contribution in [1.82, 2.24) is 19.9 Å². The van der Waals surface area contributed by atoms with Crippen LogP contribution in [0.4, 0.5) is 5.82 Å². The molecule has 0 bridgehead atoms. The van der Waals surface area contributed by atoms with Crippen LogP contribution < -0.4 is 4.90 Å². The number of piperazine rings is 1. The van der Waals surface area contributed by atoms with Crippen LogP contribution in [0.25, 0.3) is 11.0 Å². The molecule has 6 nitrogen and oxygen atoms in total. The van der Waals surface area contributed by atoms with Crippen LogP contribution in [-0.4, -0.2) is 66.3 Å². The van der Waals surface area contributed by atoms with E-state index in [1.807, 2.05) is 6.92 Å². The maximum atomic E-state index is 5.13. The third-order valence-electron chi connectivity index (χ3n) is 4.40. The van der Waals surface area contributed by atoms with Crippen molar-refractivity contribution in [3.63, 3.8) is 0 Å². The Bertz CT molecular complexity index is 667. The number of anilines is 1. The number of methoxy groups -OCH3 is 1. The van der Waals surface area contributed by atoms with Crippen molar-refractivity contribution >= 4 is 16.9 Å². The molecule has 6 heteroatoms. The summed E-state index contributed by atoms with van der Waals surface area (Å²) in [6, 6.07) is 2.11. The van der Waals surface area contributed by atoms with Gasteiger partial charge in [-0.2, -0.15) is 0 Å². The van der Waals surface area contributed by atoms with E-state index in [9.17, 15) is 0 Å². The van der Waals surface area contributed by atoms with Crippen LogP contribution in [-0.2, 0) is 4.74 Å². The Morgan fingerprint density at radius 2 is 1.91 bits per heavy atom. The van der Waals surface area contributed by atoms with Crippen LogP contribution in [0.5, 0.6) is 0 Å². The van der Waals surface area contributed by atoms with E-state index in [1.54, 1.807) is 13.4 Å². The summed E-state index contributed by atoms with van der Waals surface area (Å²) in [5, 5.41) is 1.09. The average Bonchev–Trinajstić information content (AvgIpc) is 2.55. The monoisotopic (exact) mass is 315 g/mol. The molecule has 2 aromatic rings. The van der Waals surface area contributed by atoms with Crippen molar-refractivity contribution in [3.8, 4) is 0 Å². The molecule has 0 spiro atoms. The first kappa shape index (κ1) is 16.1. The Kier molecular flexibility index (Phi) is 5.03. The van der Waals surface area contributed by atoms with Gasteiger partial charge in [-0.25, -0.2) is 15.0 Å². The fourth-order valence-electron chi connectivity index (χ4n) is 3.25. The van der Waals surface area contributed by atoms with Crippen molar-refractivity contribution in [2.45, 2.75) is 20.3 Å². The lowest BCUT2D eigenvalue weighted by molar-refractivity contribution is 0.169. The molecule has 0 saturated carbocycles. The van der Waals surface area contributed by atoms with Gasteiger partial charge in [-0.1, -0.05) is 0 Å². The maximum absolute atomic E-state index is 5.13. The van der Waals surface area contributed by atoms with Crippen molar-refractivity contribution in [2.24, 2.45) is 0 Å². The number of rotatable bonds is 5. The minimum atomic E-state index is 0.801. The third-order valence-corrected chi connectivity index (χ3v) is 4.40. The van der Waals surface area contributed by atoms with E-state index in [-0.39, 0.29) is 0 Å². The molecule has 1 saturated heterocycles. The Hall–Kier alpha value is -1.79. The predicted octanol–water partition coefficient (Wildman–Crippen LogP) is 1.80. The van der Waals surface area contributed by atoms with E-state index < -0.39 is 0 Å². The number of ether oxygens (including phenoxy) is 1. The number of aromatic nitrogens is 3. The maximum Gasteiger partial charge on any atom is 0.165 e. The molecule has 124 valence electrons. The Labute approximate surface area is 137 Å². The zero-order valence-corrected chi connectivity index (χ0v) is 14.2. The molecule has 1 fully saturated rings. The highest BCUT2D eigenvalue weighted by molar-refractivity contribution is 5.90. The first-order valence-corrected chi connectivity index (χ1v) is 8.24. The van der Waals surface area contributed by atoms with Gasteiger partial charge in [0.15, 0.2) is 5.65 Å². The summed E-state index contributed by atoms with van der Waals surface area (Å²) in [4.78, 5) is 18.3. The van der Waals surface area contributed by atoms with E-state index in [4.69, 9.17) is 4.74 Å². The second kappa shape index (κ2) is 7.19. The first-order chi connectivity index (χ1) is 11.2. The summed E-state index contributed by atoms with van der Waals surface area (Å²) in [5.41, 5.74) is 3.00. The molecule has 1 aliphatic heterocycles. The summed E-state index contributed by atoms with van der Waals surface area (Å²) in [6.45, 7) is 10.2. The summed E-state index contributed by atoms with van der Waals surface area (Å²) in [6.07, 6.45) is 2.73. The quantitative estimate of drug-likeness (QED) is 0.784. The molecule has 0 amide bonds. The van der Waals surface area contributed by atoms with Gasteiger partial charge in [-0.05, 0) is 31.9 Å². The number of hydrogen-bond acceptors (Lipinski definition) is 6. The van der Waals surface area contributed by atoms with Crippen molar-refractivity contribution in [3.05, 3.63) is 23.7 Å². The number of fused-ring (bicyclic) bond motifs is 1. The molecular formula is C17H25N5O. The molecule has 0 aromatic carbocycles. The summed E-state index contributed by atoms with van der Waals surface area (Å²) in [7, 11) is 1.76. The second-order valence-corrected chi connectivity index (χ2v) is 6.15. The van der Waals surface area contributed by atoms with Crippen molar-refractivity contribution in [2.75, 3.05) is 51.3 Å². The van der Waals surface area contributed by atoms with Gasteiger partial charge in [0.25, 0.3) is 0 Å². The van der Waals surface area contributed by atoms with E-state index in [2.05, 4.69) is 37.7 Å². The normalized spacial score (nSPS) is 16.2. The fraction of sp³-hybridized carbons (Fsp3) is 0.588. The van der Waals surface area contributed by atoms with Gasteiger partial charge in [0, 0.05) is 52.1 Å². The third kappa shape index (κ3) is 3.59. The predicted molar refractivity (Wildman–Crippen MR) is 92.0 cm³/mol. The second-order valence-electron chi connectivity index (χ2n) is 6.15. The number of hydrogen-bond donors (Lipinski definition) is 0. The minimum absolute atomic E-state index is 0.801. The van der Waals surface area contributed by atoms with Crippen molar-refractivity contribution < 1.29 is 4.74 Å². The standard InChI is InChI=1S/C17H25N5O/c1-13-11-14(2)20-16-15(13)17(19-12-18-16)22-8-6-21(7-9-22)5-4-10-23-3/h11-12H,4-10H2,1-3H3. The van der Waals surface area contributed by atoms with E-state index in [1.165, 1.54) is 5.56 Å². The van der Waals surface area contributed by atoms with Gasteiger partial charge in [0.1, 0.15) is 12.1 Å². The van der Waals surface area contributed by atoms with Crippen LogP contribution in [0.15, 0.2) is 12.4 Å². The van der Waals surface area contributed by atoms with Gasteiger partial charge < -0.3 is 9.64 Å². The molecule has 0 N–H and O–H groups in total. The van der Waals surface area contributed by atoms with Gasteiger partial charge in [0.2, 0.25) is 0 Å². The van der Waals surface area contributed by atoms with Crippen LogP contribution in [0.2, 0.25) is 0 Å². The van der Waals surface area contributed by atoms with Gasteiger partial charge in [-0.15, -0.1) is 0 Å². The van der Waals surface area contributed by atoms with E-state index >= 15 is 0 Å². The smallest absolute Gasteiger partial charge is 0.165 e. The average molecular weight is 315 g/mol. The Morgan fingerprint density at radius 3 is 2.65 bits per heavy atom. The fourth-order valence-corrected chi connectivity index (χ4v) is 3.25. The van der Waals surface area contributed by atoms with Crippen LogP contribution >= 0.6 is 0 Å². The van der Waals surface area contributed by atoms with E-state index in [0.29, 0.717) is 0 Å². The number of nitrogens with zero attached hydrogens (tertiary/aromatic N) is 5. The number of aryl methyl sites for hydroxylation is 2. The molecule has 0 unspecified atom stereocenters. The molecular weight excluding hydrogens is 290 g/mol. The molecule has 1 aliphatic rings. The summed E-state index contributed by atoms with van der Waals surface area (Å²) < 4.78 is 5.13. The molecule has 3 rings (SSSR count). The lowest BCUT2D eigenvalue weighted by Gasteiger charge is -2.35. The molecule has 0 radical (unpaired) electrons. The lowest BCUT2D eigenvalue weighted by atomic mass is 10.1. The highest BCUT2D eigenvalue weighted by atomic mass is 16.5. The minimum Gasteiger partial charge on any atom is -0.385 e. The Morgan fingerprint density at radius 1 is 1.13 bits per heavy atom. The van der Waals surface area contributed by atoms with Gasteiger partial charge >= 0.3 is 0 Å². The highest BCUT2D eigenvalue weighted by Gasteiger charge is 2.20. The van der Waals surface area contributed by atoms with Crippen molar-refractivity contribution in [1.29, 1.82) is 0 Å². The van der Waals surface area contributed by atoms with Gasteiger partial charge in [0.05, 0.1) is 5.39 Å². The molecule has 23 heavy (non-hydrogen) atoms. The zero-order chi connectivity index (χ0) is 16.2. The Balaban J connectivity index is 1.75. The lowest BCUT2D eigenvalue weighted by Crippen LogP contribution is -2.47. The zero-order valence-electron chi connectivity index (χ0n) is 14.2. The SMILES string of the molecule is COCCCN1CCN(c2ncnc3nc(C)cc(C)c23)CC1. The van der Waals surface area contributed by atoms with Crippen LogP contribution in [0, 0.1) is 13.8 Å². The van der Waals surface area contributed by atoms with Crippen LogP contribution in [0.3, 0.4) is 0 Å². The first-order valence-electron chi connectivity index (χ1n) is 8.24. The number of pyridine rings is 1. The highest BCUT2D eigenvalue weighted by Crippen LogP contribution is 2.26. The van der Waals surface area contributed by atoms with Gasteiger partial charge in [-0.3, -0.25) is 4.90 Å². The van der Waals surface area contributed by atoms with Crippen LogP contribution in [0.1, 0.15) is 17.7 Å². The molecule has 3 heterocycles. The molecule has 0 atom stereocenters. The van der Waals surface area contributed by atoms with E-state index in [0.717, 1.165) is 68.3 Å². The largest absolute Gasteiger partial charge is 0.385 e. The molecule has 0 aliphatic carbocycles. The molecule has 2 aromatic heterocycles. The summed E-state index contributed by atoms with van der Waals surface area (Å²) in [5.74, 6) is 1.02.